The lowest BCUT2D eigenvalue weighted by Gasteiger charge is -2.40. The lowest BCUT2D eigenvalue weighted by molar-refractivity contribution is 0.0824. The quantitative estimate of drug-likeness (QED) is 0.777. The Morgan fingerprint density at radius 1 is 1.26 bits per heavy atom. The van der Waals surface area contributed by atoms with Crippen LogP contribution >= 0.6 is 0 Å². The molecule has 0 spiro atoms. The summed E-state index contributed by atoms with van der Waals surface area (Å²) in [6.07, 6.45) is 10.1. The predicted molar refractivity (Wildman–Crippen MR) is 80.4 cm³/mol. The van der Waals surface area contributed by atoms with Crippen molar-refractivity contribution in [3.05, 3.63) is 0 Å². The monoisotopic (exact) mass is 268 g/mol. The summed E-state index contributed by atoms with van der Waals surface area (Å²) in [4.78, 5) is 2.76. The predicted octanol–water partition coefficient (Wildman–Crippen LogP) is 2.53. The van der Waals surface area contributed by atoms with Crippen LogP contribution in [0.25, 0.3) is 0 Å². The Labute approximate surface area is 118 Å². The zero-order valence-corrected chi connectivity index (χ0v) is 12.8. The lowest BCUT2D eigenvalue weighted by Crippen LogP contribution is -2.50. The van der Waals surface area contributed by atoms with E-state index < -0.39 is 0 Å². The van der Waals surface area contributed by atoms with E-state index in [4.69, 9.17) is 0 Å². The molecule has 0 aromatic carbocycles. The molecule has 112 valence electrons. The first kappa shape index (κ1) is 15.3. The minimum absolute atomic E-state index is 0.0103. The van der Waals surface area contributed by atoms with Crippen LogP contribution in [0.4, 0.5) is 0 Å². The zero-order chi connectivity index (χ0) is 13.7. The van der Waals surface area contributed by atoms with Gasteiger partial charge in [-0.2, -0.15) is 0 Å². The van der Waals surface area contributed by atoms with Gasteiger partial charge in [-0.25, -0.2) is 0 Å². The molecule has 0 radical (unpaired) electrons. The Bertz CT molecular complexity index is 271. The molecule has 2 aliphatic rings. The zero-order valence-electron chi connectivity index (χ0n) is 12.8. The van der Waals surface area contributed by atoms with Gasteiger partial charge in [0.1, 0.15) is 0 Å². The van der Waals surface area contributed by atoms with Gasteiger partial charge in [0.2, 0.25) is 0 Å². The van der Waals surface area contributed by atoms with Crippen LogP contribution in [0.15, 0.2) is 0 Å². The Morgan fingerprint density at radius 3 is 2.79 bits per heavy atom. The molecule has 3 heteroatoms. The van der Waals surface area contributed by atoms with Crippen molar-refractivity contribution in [3.8, 4) is 0 Å². The first-order valence-electron chi connectivity index (χ1n) is 8.36. The van der Waals surface area contributed by atoms with Crippen LogP contribution in [0.1, 0.15) is 65.2 Å². The molecule has 2 N–H and O–H groups in total. The summed E-state index contributed by atoms with van der Waals surface area (Å²) in [5.74, 6) is 0. The van der Waals surface area contributed by atoms with E-state index in [9.17, 15) is 5.11 Å². The van der Waals surface area contributed by atoms with E-state index in [1.54, 1.807) is 0 Å². The minimum Gasteiger partial charge on any atom is -0.394 e. The van der Waals surface area contributed by atoms with Crippen molar-refractivity contribution in [1.82, 2.24) is 10.2 Å². The van der Waals surface area contributed by atoms with Crippen LogP contribution in [0, 0.1) is 0 Å². The summed E-state index contributed by atoms with van der Waals surface area (Å²) >= 11 is 0. The Balaban J connectivity index is 1.95. The maximum Gasteiger partial charge on any atom is 0.0613 e. The molecular weight excluding hydrogens is 236 g/mol. The van der Waals surface area contributed by atoms with Gasteiger partial charge in [-0.3, -0.25) is 4.90 Å². The Kier molecular flexibility index (Phi) is 5.67. The van der Waals surface area contributed by atoms with Crippen LogP contribution in [0.3, 0.4) is 0 Å². The highest BCUT2D eigenvalue weighted by atomic mass is 16.3. The average molecular weight is 268 g/mol. The third kappa shape index (κ3) is 3.50. The van der Waals surface area contributed by atoms with E-state index in [0.29, 0.717) is 12.6 Å². The van der Waals surface area contributed by atoms with Gasteiger partial charge in [-0.05, 0) is 58.0 Å². The van der Waals surface area contributed by atoms with Crippen molar-refractivity contribution < 1.29 is 5.11 Å². The highest BCUT2D eigenvalue weighted by Crippen LogP contribution is 2.36. The fourth-order valence-electron chi connectivity index (χ4n) is 4.07. The molecule has 1 aliphatic heterocycles. The largest absolute Gasteiger partial charge is 0.394 e. The number of hydrogen-bond acceptors (Lipinski definition) is 3. The maximum atomic E-state index is 9.80. The van der Waals surface area contributed by atoms with Crippen molar-refractivity contribution in [3.63, 3.8) is 0 Å². The van der Waals surface area contributed by atoms with Crippen LogP contribution in [-0.2, 0) is 0 Å². The number of nitrogens with one attached hydrogen (secondary N) is 1. The van der Waals surface area contributed by atoms with Gasteiger partial charge in [0, 0.05) is 17.6 Å². The number of rotatable bonds is 6. The molecule has 1 saturated carbocycles. The number of hydrogen-bond donors (Lipinski definition) is 2. The van der Waals surface area contributed by atoms with E-state index in [0.717, 1.165) is 31.8 Å². The van der Waals surface area contributed by atoms with Crippen LogP contribution in [-0.4, -0.2) is 47.3 Å². The fourth-order valence-corrected chi connectivity index (χ4v) is 4.07. The van der Waals surface area contributed by atoms with Crippen molar-refractivity contribution in [2.75, 3.05) is 19.7 Å². The van der Waals surface area contributed by atoms with E-state index in [2.05, 4.69) is 24.1 Å². The molecule has 1 saturated heterocycles. The van der Waals surface area contributed by atoms with Crippen LogP contribution < -0.4 is 5.32 Å². The summed E-state index contributed by atoms with van der Waals surface area (Å²) in [5.41, 5.74) is 0.0103. The molecule has 0 aromatic heterocycles. The average Bonchev–Trinajstić information content (AvgIpc) is 2.90. The summed E-state index contributed by atoms with van der Waals surface area (Å²) in [6, 6.07) is 1.49. The third-order valence-corrected chi connectivity index (χ3v) is 5.25. The van der Waals surface area contributed by atoms with E-state index in [-0.39, 0.29) is 5.54 Å². The summed E-state index contributed by atoms with van der Waals surface area (Å²) in [5, 5.41) is 13.4. The van der Waals surface area contributed by atoms with Gasteiger partial charge in [0.05, 0.1) is 6.61 Å². The summed E-state index contributed by atoms with van der Waals surface area (Å²) in [6.45, 7) is 7.13. The maximum absolute atomic E-state index is 9.80. The SMILES string of the molecule is CCCNC1(CO)CCC(N2CCCCC2CC)C1. The second kappa shape index (κ2) is 7.05. The molecule has 19 heavy (non-hydrogen) atoms. The molecule has 3 unspecified atom stereocenters. The molecule has 1 aliphatic carbocycles. The molecule has 0 bridgehead atoms. The highest BCUT2D eigenvalue weighted by Gasteiger charge is 2.42. The molecule has 3 nitrogen and oxygen atoms in total. The van der Waals surface area contributed by atoms with E-state index in [1.165, 1.54) is 38.6 Å². The molecule has 2 rings (SSSR count). The van der Waals surface area contributed by atoms with Crippen molar-refractivity contribution >= 4 is 0 Å². The number of aliphatic hydroxyl groups is 1. The molecule has 0 aromatic rings. The number of nitrogens with zero attached hydrogens (tertiary/aromatic N) is 1. The van der Waals surface area contributed by atoms with Crippen molar-refractivity contribution in [2.24, 2.45) is 0 Å². The third-order valence-electron chi connectivity index (χ3n) is 5.25. The minimum atomic E-state index is 0.0103. The topological polar surface area (TPSA) is 35.5 Å². The number of piperidine rings is 1. The van der Waals surface area contributed by atoms with Gasteiger partial charge in [0.25, 0.3) is 0 Å². The first-order chi connectivity index (χ1) is 9.24. The second-order valence-corrected chi connectivity index (χ2v) is 6.56. The highest BCUT2D eigenvalue weighted by molar-refractivity contribution is 5.00. The normalized spacial score (nSPS) is 36.8. The smallest absolute Gasteiger partial charge is 0.0613 e. The van der Waals surface area contributed by atoms with Gasteiger partial charge in [-0.1, -0.05) is 20.3 Å². The Morgan fingerprint density at radius 2 is 2.11 bits per heavy atom. The van der Waals surface area contributed by atoms with Crippen molar-refractivity contribution in [2.45, 2.75) is 82.8 Å². The van der Waals surface area contributed by atoms with Gasteiger partial charge < -0.3 is 10.4 Å². The number of likely N-dealkylation sites (tertiary alicyclic amines) is 1. The summed E-state index contributed by atoms with van der Waals surface area (Å²) in [7, 11) is 0. The molecular formula is C16H32N2O. The molecule has 2 fully saturated rings. The Hall–Kier alpha value is -0.120. The van der Waals surface area contributed by atoms with Crippen molar-refractivity contribution in [1.29, 1.82) is 0 Å². The fraction of sp³-hybridized carbons (Fsp3) is 1.00. The van der Waals surface area contributed by atoms with Gasteiger partial charge in [0.15, 0.2) is 0 Å². The molecule has 0 amide bonds. The lowest BCUT2D eigenvalue weighted by atomic mass is 9.95. The summed E-state index contributed by atoms with van der Waals surface area (Å²) < 4.78 is 0. The van der Waals surface area contributed by atoms with E-state index >= 15 is 0 Å². The molecule has 3 atom stereocenters. The first-order valence-corrected chi connectivity index (χ1v) is 8.36. The van der Waals surface area contributed by atoms with Gasteiger partial charge >= 0.3 is 0 Å². The second-order valence-electron chi connectivity index (χ2n) is 6.56. The van der Waals surface area contributed by atoms with Gasteiger partial charge in [-0.15, -0.1) is 0 Å². The van der Waals surface area contributed by atoms with E-state index in [1.807, 2.05) is 0 Å². The van der Waals surface area contributed by atoms with Crippen LogP contribution in [0.2, 0.25) is 0 Å². The molecule has 1 heterocycles. The standard InChI is InChI=1S/C16H32N2O/c1-3-10-17-16(13-19)9-8-15(12-16)18-11-6-5-7-14(18)4-2/h14-15,17,19H,3-13H2,1-2H3. The number of aliphatic hydroxyl groups excluding tert-OH is 1. The van der Waals surface area contributed by atoms with Crippen LogP contribution in [0.5, 0.6) is 0 Å².